The average Bonchev–Trinajstić information content (AvgIpc) is 3.24. The van der Waals surface area contributed by atoms with E-state index in [0.29, 0.717) is 43.9 Å². The predicted molar refractivity (Wildman–Crippen MR) is 106 cm³/mol. The summed E-state index contributed by atoms with van der Waals surface area (Å²) in [5, 5.41) is 6.78. The van der Waals surface area contributed by atoms with E-state index in [9.17, 15) is 14.0 Å². The van der Waals surface area contributed by atoms with Crippen LogP contribution in [-0.2, 0) is 9.59 Å². The van der Waals surface area contributed by atoms with Crippen LogP contribution in [-0.4, -0.2) is 52.2 Å². The topological polar surface area (TPSA) is 93.9 Å². The summed E-state index contributed by atoms with van der Waals surface area (Å²) in [5.41, 5.74) is -0.503. The van der Waals surface area contributed by atoms with Gasteiger partial charge in [0.1, 0.15) is 17.3 Å². The molecule has 3 saturated carbocycles. The molecule has 1 saturated heterocycles. The van der Waals surface area contributed by atoms with Crippen molar-refractivity contribution in [3.05, 3.63) is 40.9 Å². The van der Waals surface area contributed by atoms with Gasteiger partial charge in [-0.25, -0.2) is 4.39 Å². The van der Waals surface area contributed by atoms with Crippen LogP contribution in [0.3, 0.4) is 0 Å². The number of hydrogen-bond donors (Lipinski definition) is 1. The summed E-state index contributed by atoms with van der Waals surface area (Å²) in [6.45, 7) is 2.16. The number of carbonyl (C=O) groups is 2. The summed E-state index contributed by atoms with van der Waals surface area (Å²) in [6.07, 6.45) is 2.17. The number of nitrogens with zero attached hydrogens (tertiary/aromatic N) is 2. The summed E-state index contributed by atoms with van der Waals surface area (Å²) in [6, 6.07) is 5.68. The summed E-state index contributed by atoms with van der Waals surface area (Å²) in [5.74, 6) is 0.255. The quantitative estimate of drug-likeness (QED) is 0.698. The fourth-order valence-corrected chi connectivity index (χ4v) is 5.10. The van der Waals surface area contributed by atoms with Crippen molar-refractivity contribution in [2.45, 2.75) is 49.8 Å². The molecule has 1 unspecified atom stereocenters. The summed E-state index contributed by atoms with van der Waals surface area (Å²) in [4.78, 5) is 27.0. The van der Waals surface area contributed by atoms with E-state index in [0.717, 1.165) is 6.07 Å². The third-order valence-corrected chi connectivity index (χ3v) is 6.57. The summed E-state index contributed by atoms with van der Waals surface area (Å²) < 4.78 is 29.5. The van der Waals surface area contributed by atoms with Gasteiger partial charge in [-0.05, 0) is 43.5 Å². The Bertz CT molecular complexity index is 1040. The Labute approximate surface area is 182 Å². The number of likely N-dealkylation sites (tertiary alicyclic amines) is 1. The smallest absolute Gasteiger partial charge is 0.264 e. The highest BCUT2D eigenvalue weighted by atomic mass is 35.5. The van der Waals surface area contributed by atoms with E-state index in [2.05, 4.69) is 10.5 Å². The lowest BCUT2D eigenvalue weighted by Crippen LogP contribution is -2.84. The van der Waals surface area contributed by atoms with Gasteiger partial charge < -0.3 is 24.2 Å². The van der Waals surface area contributed by atoms with Crippen LogP contribution in [0.4, 0.5) is 4.39 Å². The van der Waals surface area contributed by atoms with E-state index in [-0.39, 0.29) is 40.3 Å². The molecule has 3 aliphatic carbocycles. The van der Waals surface area contributed by atoms with Crippen molar-refractivity contribution in [1.29, 1.82) is 0 Å². The molecule has 1 aromatic carbocycles. The molecule has 4 fully saturated rings. The van der Waals surface area contributed by atoms with Gasteiger partial charge >= 0.3 is 0 Å². The normalized spacial score (nSPS) is 28.7. The largest absolute Gasteiger partial charge is 0.484 e. The number of nitrogens with one attached hydrogen (secondary N) is 1. The predicted octanol–water partition coefficient (Wildman–Crippen LogP) is 2.63. The van der Waals surface area contributed by atoms with Crippen LogP contribution in [0.1, 0.15) is 31.4 Å². The average molecular weight is 450 g/mol. The van der Waals surface area contributed by atoms with Gasteiger partial charge in [0.25, 0.3) is 17.7 Å². The van der Waals surface area contributed by atoms with Crippen molar-refractivity contribution in [2.24, 2.45) is 0 Å². The van der Waals surface area contributed by atoms with E-state index < -0.39 is 11.9 Å². The number of ether oxygens (including phenoxy) is 2. The van der Waals surface area contributed by atoms with Crippen LogP contribution in [0.2, 0.25) is 5.02 Å². The molecule has 31 heavy (non-hydrogen) atoms. The minimum absolute atomic E-state index is 0.00351. The maximum atomic E-state index is 13.5. The SMILES string of the molecule is Cc1cc(OC2CCN(C34CC(NC(=O)COc5ccc(Cl)c(F)c5)(C3)C4)C2=O)no1. The van der Waals surface area contributed by atoms with E-state index in [4.69, 9.17) is 25.6 Å². The molecule has 8 nitrogen and oxygen atoms in total. The molecule has 1 N–H and O–H groups in total. The number of halogens is 2. The molecule has 6 rings (SSSR count). The van der Waals surface area contributed by atoms with Gasteiger partial charge in [-0.1, -0.05) is 11.6 Å². The summed E-state index contributed by atoms with van der Waals surface area (Å²) >= 11 is 5.64. The first-order valence-corrected chi connectivity index (χ1v) is 10.5. The zero-order chi connectivity index (χ0) is 21.8. The first-order valence-electron chi connectivity index (χ1n) is 10.1. The maximum Gasteiger partial charge on any atom is 0.264 e. The molecule has 164 valence electrons. The molecule has 2 aromatic rings. The van der Waals surface area contributed by atoms with Crippen LogP contribution in [0.5, 0.6) is 11.6 Å². The lowest BCUT2D eigenvalue weighted by atomic mass is 9.43. The van der Waals surface area contributed by atoms with Gasteiger partial charge in [0.2, 0.25) is 0 Å². The molecule has 1 aromatic heterocycles. The summed E-state index contributed by atoms with van der Waals surface area (Å²) in [7, 11) is 0. The monoisotopic (exact) mass is 449 g/mol. The van der Waals surface area contributed by atoms with Gasteiger partial charge in [0.05, 0.1) is 5.02 Å². The first kappa shape index (κ1) is 20.1. The van der Waals surface area contributed by atoms with Crippen LogP contribution in [0, 0.1) is 12.7 Å². The van der Waals surface area contributed by atoms with Crippen molar-refractivity contribution in [3.8, 4) is 11.6 Å². The first-order chi connectivity index (χ1) is 14.8. The second-order valence-corrected chi connectivity index (χ2v) is 9.02. The molecular weight excluding hydrogens is 429 g/mol. The number of amides is 2. The number of carbonyl (C=O) groups excluding carboxylic acids is 2. The van der Waals surface area contributed by atoms with E-state index in [1.807, 2.05) is 4.90 Å². The van der Waals surface area contributed by atoms with Crippen molar-refractivity contribution in [3.63, 3.8) is 0 Å². The Kier molecular flexibility index (Phi) is 4.62. The van der Waals surface area contributed by atoms with Gasteiger partial charge in [-0.15, -0.1) is 0 Å². The van der Waals surface area contributed by atoms with E-state index in [1.54, 1.807) is 13.0 Å². The van der Waals surface area contributed by atoms with Crippen molar-refractivity contribution in [1.82, 2.24) is 15.4 Å². The number of aromatic nitrogens is 1. The molecule has 0 radical (unpaired) electrons. The number of hydrogen-bond acceptors (Lipinski definition) is 6. The molecular formula is C21H21ClFN3O5. The molecule has 2 heterocycles. The number of rotatable bonds is 7. The Morgan fingerprint density at radius 2 is 2.16 bits per heavy atom. The van der Waals surface area contributed by atoms with Crippen LogP contribution in [0.15, 0.2) is 28.8 Å². The van der Waals surface area contributed by atoms with E-state index >= 15 is 0 Å². The van der Waals surface area contributed by atoms with Gasteiger partial charge in [0.15, 0.2) is 12.7 Å². The minimum Gasteiger partial charge on any atom is -0.484 e. The van der Waals surface area contributed by atoms with Crippen molar-refractivity contribution in [2.75, 3.05) is 13.2 Å². The lowest BCUT2D eigenvalue weighted by Gasteiger charge is -2.73. The number of aryl methyl sites for hydroxylation is 1. The van der Waals surface area contributed by atoms with Crippen LogP contribution >= 0.6 is 11.6 Å². The highest BCUT2D eigenvalue weighted by Crippen LogP contribution is 2.64. The number of benzene rings is 1. The van der Waals surface area contributed by atoms with Crippen LogP contribution < -0.4 is 14.8 Å². The Morgan fingerprint density at radius 3 is 2.84 bits per heavy atom. The second kappa shape index (κ2) is 7.12. The zero-order valence-corrected chi connectivity index (χ0v) is 17.6. The molecule has 2 amide bonds. The fraction of sp³-hybridized carbons (Fsp3) is 0.476. The highest BCUT2D eigenvalue weighted by Gasteiger charge is 2.72. The molecule has 10 heteroatoms. The van der Waals surface area contributed by atoms with Crippen molar-refractivity contribution >= 4 is 23.4 Å². The minimum atomic E-state index is -0.600. The van der Waals surface area contributed by atoms with Crippen LogP contribution in [0.25, 0.3) is 0 Å². The maximum absolute atomic E-state index is 13.5. The molecule has 0 spiro atoms. The third-order valence-electron chi connectivity index (χ3n) is 6.27. The van der Waals surface area contributed by atoms with Crippen molar-refractivity contribution < 1.29 is 28.0 Å². The Balaban J connectivity index is 1.10. The molecule has 1 aliphatic heterocycles. The van der Waals surface area contributed by atoms with Gasteiger partial charge in [0, 0.05) is 36.2 Å². The molecule has 1 atom stereocenters. The Morgan fingerprint density at radius 1 is 1.39 bits per heavy atom. The van der Waals surface area contributed by atoms with E-state index in [1.165, 1.54) is 12.1 Å². The standard InChI is InChI=1S/C21H21ClFN3O5/c1-12-6-18(25-31-12)30-16-4-5-26(19(16)28)21-9-20(10-21,11-21)24-17(27)8-29-13-2-3-14(22)15(23)7-13/h2-3,6-7,16H,4-5,8-11H2,1H3,(H,24,27). The van der Waals surface area contributed by atoms with Gasteiger partial charge in [-0.3, -0.25) is 9.59 Å². The Hall–Kier alpha value is -2.81. The zero-order valence-electron chi connectivity index (χ0n) is 16.8. The van der Waals surface area contributed by atoms with Gasteiger partial charge in [-0.2, -0.15) is 0 Å². The lowest BCUT2D eigenvalue weighted by molar-refractivity contribution is -0.188. The third kappa shape index (κ3) is 3.50. The highest BCUT2D eigenvalue weighted by molar-refractivity contribution is 6.30. The molecule has 4 aliphatic rings. The molecule has 2 bridgehead atoms. The second-order valence-electron chi connectivity index (χ2n) is 8.61. The fourth-order valence-electron chi connectivity index (χ4n) is 4.98.